The third kappa shape index (κ3) is 3.79. The fraction of sp³-hybridized carbons (Fsp3) is 0.429. The maximum Gasteiger partial charge on any atom is 0.321 e. The largest absolute Gasteiger partial charge is 0.481 e. The number of carbonyl (C=O) groups excluding carboxylic acids is 1. The lowest BCUT2D eigenvalue weighted by Gasteiger charge is -2.37. The number of hydrogen-bond donors (Lipinski definition) is 2. The molecule has 1 fully saturated rings. The quantitative estimate of drug-likeness (QED) is 0.715. The number of amides is 2. The summed E-state index contributed by atoms with van der Waals surface area (Å²) < 4.78 is 0.979. The number of anilines is 1. The van der Waals surface area contributed by atoms with Gasteiger partial charge in [-0.05, 0) is 60.6 Å². The van der Waals surface area contributed by atoms with Crippen LogP contribution in [0.5, 0.6) is 0 Å². The van der Waals surface area contributed by atoms with Crippen molar-refractivity contribution < 1.29 is 14.7 Å². The lowest BCUT2D eigenvalue weighted by Crippen LogP contribution is -2.49. The van der Waals surface area contributed by atoms with E-state index < -0.39 is 11.4 Å². The minimum absolute atomic E-state index is 0.205. The summed E-state index contributed by atoms with van der Waals surface area (Å²) in [6.45, 7) is 2.43. The number of halogens is 2. The molecule has 7 heteroatoms. The van der Waals surface area contributed by atoms with Crippen molar-refractivity contribution in [3.8, 4) is 0 Å². The standard InChI is InChI=1S/C14H16ClIN2O3/c1-14(12(19)20)5-2-6-18(8-14)13(21)17-11-4-3-9(16)7-10(11)15/h3-4,7H,2,5-6,8H2,1H3,(H,17,21)(H,19,20). The molecule has 1 aromatic carbocycles. The molecule has 0 bridgehead atoms. The molecule has 0 radical (unpaired) electrons. The average molecular weight is 423 g/mol. The third-order valence-electron chi connectivity index (χ3n) is 3.67. The molecule has 0 saturated carbocycles. The number of piperidine rings is 1. The highest BCUT2D eigenvalue weighted by atomic mass is 127. The average Bonchev–Trinajstić information content (AvgIpc) is 2.41. The summed E-state index contributed by atoms with van der Waals surface area (Å²) >= 11 is 8.22. The van der Waals surface area contributed by atoms with Gasteiger partial charge in [0.15, 0.2) is 0 Å². The Hall–Kier alpha value is -1.02. The van der Waals surface area contributed by atoms with E-state index in [2.05, 4.69) is 27.9 Å². The number of carboxylic acids is 1. The predicted molar refractivity (Wildman–Crippen MR) is 89.7 cm³/mol. The Kier molecular flexibility index (Phi) is 4.98. The second-order valence-corrected chi connectivity index (χ2v) is 7.10. The van der Waals surface area contributed by atoms with Crippen molar-refractivity contribution in [2.45, 2.75) is 19.8 Å². The number of rotatable bonds is 2. The highest BCUT2D eigenvalue weighted by Crippen LogP contribution is 2.30. The number of hydrogen-bond acceptors (Lipinski definition) is 2. The van der Waals surface area contributed by atoms with Crippen LogP contribution in [0.3, 0.4) is 0 Å². The van der Waals surface area contributed by atoms with Crippen molar-refractivity contribution in [1.29, 1.82) is 0 Å². The summed E-state index contributed by atoms with van der Waals surface area (Å²) in [7, 11) is 0. The molecule has 1 heterocycles. The molecule has 0 aliphatic carbocycles. The van der Waals surface area contributed by atoms with Crippen molar-refractivity contribution >= 4 is 51.9 Å². The van der Waals surface area contributed by atoms with Crippen molar-refractivity contribution in [3.05, 3.63) is 26.8 Å². The first-order valence-electron chi connectivity index (χ1n) is 6.56. The molecule has 1 saturated heterocycles. The molecule has 2 N–H and O–H groups in total. The molecule has 1 aliphatic heterocycles. The van der Waals surface area contributed by atoms with Gasteiger partial charge in [0.25, 0.3) is 0 Å². The number of urea groups is 1. The van der Waals surface area contributed by atoms with Crippen molar-refractivity contribution in [2.75, 3.05) is 18.4 Å². The third-order valence-corrected chi connectivity index (χ3v) is 4.66. The maximum atomic E-state index is 12.3. The Morgan fingerprint density at radius 1 is 1.48 bits per heavy atom. The topological polar surface area (TPSA) is 69.6 Å². The molecule has 0 aromatic heterocycles. The Morgan fingerprint density at radius 3 is 2.81 bits per heavy atom. The van der Waals surface area contributed by atoms with Crippen LogP contribution in [0.1, 0.15) is 19.8 Å². The summed E-state index contributed by atoms with van der Waals surface area (Å²) in [6.07, 6.45) is 1.26. The van der Waals surface area contributed by atoms with Crippen molar-refractivity contribution in [3.63, 3.8) is 0 Å². The van der Waals surface area contributed by atoms with E-state index in [1.54, 1.807) is 19.1 Å². The van der Waals surface area contributed by atoms with Gasteiger partial charge >= 0.3 is 12.0 Å². The number of carbonyl (C=O) groups is 2. The lowest BCUT2D eigenvalue weighted by molar-refractivity contribution is -0.150. The number of nitrogens with one attached hydrogen (secondary N) is 1. The molecule has 1 unspecified atom stereocenters. The van der Waals surface area contributed by atoms with Gasteiger partial charge in [0.2, 0.25) is 0 Å². The molecule has 114 valence electrons. The first-order valence-corrected chi connectivity index (χ1v) is 8.02. The van der Waals surface area contributed by atoms with Crippen LogP contribution in [0, 0.1) is 8.99 Å². The zero-order valence-electron chi connectivity index (χ0n) is 11.5. The van der Waals surface area contributed by atoms with Gasteiger partial charge in [-0.3, -0.25) is 4.79 Å². The Bertz CT molecular complexity index is 581. The SMILES string of the molecule is CC1(C(=O)O)CCCN(C(=O)Nc2ccc(I)cc2Cl)C1. The van der Waals surface area contributed by atoms with Gasteiger partial charge in [-0.2, -0.15) is 0 Å². The lowest BCUT2D eigenvalue weighted by atomic mass is 9.82. The molecular weight excluding hydrogens is 407 g/mol. The van der Waals surface area contributed by atoms with Gasteiger partial charge in [0.05, 0.1) is 16.1 Å². The van der Waals surface area contributed by atoms with Crippen LogP contribution >= 0.6 is 34.2 Å². The predicted octanol–water partition coefficient (Wildman–Crippen LogP) is 3.66. The van der Waals surface area contributed by atoms with Gasteiger partial charge in [0, 0.05) is 16.7 Å². The van der Waals surface area contributed by atoms with E-state index in [9.17, 15) is 14.7 Å². The van der Waals surface area contributed by atoms with E-state index in [0.29, 0.717) is 30.1 Å². The van der Waals surface area contributed by atoms with Crippen LogP contribution in [-0.2, 0) is 4.79 Å². The molecular formula is C14H16ClIN2O3. The first-order chi connectivity index (χ1) is 9.82. The summed E-state index contributed by atoms with van der Waals surface area (Å²) in [5.41, 5.74) is -0.351. The van der Waals surface area contributed by atoms with E-state index in [0.717, 1.165) is 3.57 Å². The first kappa shape index (κ1) is 16.4. The molecule has 5 nitrogen and oxygen atoms in total. The van der Waals surface area contributed by atoms with Crippen LogP contribution in [0.4, 0.5) is 10.5 Å². The molecule has 0 spiro atoms. The molecule has 2 amide bonds. The number of carboxylic acid groups (broad SMARTS) is 1. The number of aliphatic carboxylic acids is 1. The van der Waals surface area contributed by atoms with Gasteiger partial charge in [-0.15, -0.1) is 0 Å². The molecule has 1 atom stereocenters. The monoisotopic (exact) mass is 422 g/mol. The molecule has 1 aliphatic rings. The molecule has 1 aromatic rings. The number of nitrogens with zero attached hydrogens (tertiary/aromatic N) is 1. The van der Waals surface area contributed by atoms with Gasteiger partial charge in [0.1, 0.15) is 0 Å². The normalized spacial score (nSPS) is 22.0. The van der Waals surface area contributed by atoms with Gasteiger partial charge in [-0.1, -0.05) is 11.6 Å². The van der Waals surface area contributed by atoms with Crippen LogP contribution < -0.4 is 5.32 Å². The van der Waals surface area contributed by atoms with Gasteiger partial charge in [-0.25, -0.2) is 4.79 Å². The van der Waals surface area contributed by atoms with Crippen molar-refractivity contribution in [1.82, 2.24) is 4.90 Å². The second kappa shape index (κ2) is 6.39. The van der Waals surface area contributed by atoms with E-state index in [1.165, 1.54) is 4.90 Å². The van der Waals surface area contributed by atoms with E-state index >= 15 is 0 Å². The summed E-state index contributed by atoms with van der Waals surface area (Å²) in [6, 6.07) is 5.03. The summed E-state index contributed by atoms with van der Waals surface area (Å²) in [4.78, 5) is 25.1. The van der Waals surface area contributed by atoms with Crippen LogP contribution in [0.15, 0.2) is 18.2 Å². The fourth-order valence-corrected chi connectivity index (χ4v) is 3.28. The van der Waals surface area contributed by atoms with E-state index in [4.69, 9.17) is 11.6 Å². The zero-order chi connectivity index (χ0) is 15.6. The van der Waals surface area contributed by atoms with Gasteiger partial charge < -0.3 is 15.3 Å². The minimum Gasteiger partial charge on any atom is -0.481 e. The maximum absolute atomic E-state index is 12.3. The van der Waals surface area contributed by atoms with Crippen molar-refractivity contribution in [2.24, 2.45) is 5.41 Å². The van der Waals surface area contributed by atoms with Crippen LogP contribution in [0.25, 0.3) is 0 Å². The second-order valence-electron chi connectivity index (χ2n) is 5.45. The fourth-order valence-electron chi connectivity index (χ4n) is 2.37. The zero-order valence-corrected chi connectivity index (χ0v) is 14.4. The molecule has 21 heavy (non-hydrogen) atoms. The highest BCUT2D eigenvalue weighted by Gasteiger charge is 2.39. The highest BCUT2D eigenvalue weighted by molar-refractivity contribution is 14.1. The van der Waals surface area contributed by atoms with E-state index in [-0.39, 0.29) is 12.6 Å². The van der Waals surface area contributed by atoms with E-state index in [1.807, 2.05) is 6.07 Å². The Morgan fingerprint density at radius 2 is 2.19 bits per heavy atom. The Labute approximate surface area is 141 Å². The summed E-state index contributed by atoms with van der Waals surface area (Å²) in [5.74, 6) is -0.868. The Balaban J connectivity index is 2.08. The number of likely N-dealkylation sites (tertiary alicyclic amines) is 1. The summed E-state index contributed by atoms with van der Waals surface area (Å²) in [5, 5.41) is 12.5. The molecule has 2 rings (SSSR count). The number of benzene rings is 1. The smallest absolute Gasteiger partial charge is 0.321 e. The van der Waals surface area contributed by atoms with Crippen LogP contribution in [-0.4, -0.2) is 35.1 Å². The minimum atomic E-state index is -0.883. The van der Waals surface area contributed by atoms with Crippen LogP contribution in [0.2, 0.25) is 5.02 Å².